The number of rotatable bonds is 5. The van der Waals surface area contributed by atoms with Crippen LogP contribution in [0.3, 0.4) is 0 Å². The van der Waals surface area contributed by atoms with Crippen LogP contribution < -0.4 is 22.5 Å². The lowest BCUT2D eigenvalue weighted by Crippen LogP contribution is -2.36. The van der Waals surface area contributed by atoms with Gasteiger partial charge in [0.05, 0.1) is 11.4 Å². The minimum absolute atomic E-state index is 0.171. The zero-order valence-electron chi connectivity index (χ0n) is 10.5. The maximum absolute atomic E-state index is 11.0. The monoisotopic (exact) mass is 250 g/mol. The number of hydrogen-bond acceptors (Lipinski definition) is 4. The van der Waals surface area contributed by atoms with Crippen LogP contribution in [0.1, 0.15) is 30.6 Å². The molecular formula is C12H18N4O2. The van der Waals surface area contributed by atoms with Gasteiger partial charge >= 0.3 is 0 Å². The topological polar surface area (TPSA) is 124 Å². The summed E-state index contributed by atoms with van der Waals surface area (Å²) in [6.07, 6.45) is 0.171. The Hall–Kier alpha value is -2.24. The maximum Gasteiger partial charge on any atom is 0.248 e. The molecule has 0 aliphatic rings. The van der Waals surface area contributed by atoms with Gasteiger partial charge in [0.15, 0.2) is 0 Å². The second-order valence-corrected chi connectivity index (χ2v) is 4.82. The number of nitrogen functional groups attached to an aromatic ring is 1. The van der Waals surface area contributed by atoms with Crippen LogP contribution in [0.2, 0.25) is 0 Å². The Morgan fingerprint density at radius 3 is 2.33 bits per heavy atom. The molecule has 0 fully saturated rings. The van der Waals surface area contributed by atoms with E-state index in [1.165, 1.54) is 6.07 Å². The second-order valence-electron chi connectivity index (χ2n) is 4.82. The smallest absolute Gasteiger partial charge is 0.248 e. The van der Waals surface area contributed by atoms with Crippen LogP contribution in [0, 0.1) is 0 Å². The number of nitrogens with two attached hydrogens (primary N) is 3. The third kappa shape index (κ3) is 3.65. The fraction of sp³-hybridized carbons (Fsp3) is 0.333. The molecule has 18 heavy (non-hydrogen) atoms. The summed E-state index contributed by atoms with van der Waals surface area (Å²) in [5, 5.41) is 3.11. The van der Waals surface area contributed by atoms with E-state index in [1.54, 1.807) is 12.1 Å². The molecule has 0 aromatic heterocycles. The van der Waals surface area contributed by atoms with Gasteiger partial charge in [-0.3, -0.25) is 9.59 Å². The first-order chi connectivity index (χ1) is 8.21. The third-order valence-electron chi connectivity index (χ3n) is 2.43. The Bertz CT molecular complexity index is 483. The quantitative estimate of drug-likeness (QED) is 0.566. The van der Waals surface area contributed by atoms with Crippen molar-refractivity contribution in [2.24, 2.45) is 11.5 Å². The van der Waals surface area contributed by atoms with Crippen molar-refractivity contribution in [3.63, 3.8) is 0 Å². The van der Waals surface area contributed by atoms with Crippen molar-refractivity contribution in [2.45, 2.75) is 25.8 Å². The minimum Gasteiger partial charge on any atom is -0.397 e. The molecule has 2 amide bonds. The van der Waals surface area contributed by atoms with Crippen molar-refractivity contribution in [1.29, 1.82) is 0 Å². The first-order valence-corrected chi connectivity index (χ1v) is 5.47. The van der Waals surface area contributed by atoms with Crippen molar-refractivity contribution in [3.8, 4) is 0 Å². The van der Waals surface area contributed by atoms with Gasteiger partial charge in [-0.2, -0.15) is 0 Å². The molecule has 1 aromatic rings. The van der Waals surface area contributed by atoms with Gasteiger partial charge in [-0.25, -0.2) is 0 Å². The summed E-state index contributed by atoms with van der Waals surface area (Å²) in [6, 6.07) is 4.71. The van der Waals surface area contributed by atoms with Crippen LogP contribution in [-0.4, -0.2) is 17.4 Å². The molecule has 0 spiro atoms. The average molecular weight is 250 g/mol. The molecule has 1 aromatic carbocycles. The lowest BCUT2D eigenvalue weighted by atomic mass is 9.99. The minimum atomic E-state index is -0.537. The number of carbonyl (C=O) groups excluding carboxylic acids is 2. The van der Waals surface area contributed by atoms with Gasteiger partial charge in [0.1, 0.15) is 0 Å². The standard InChI is InChI=1S/C12H18N4O2/c1-12(2,6-10(14)17)16-9-4-3-7(11(15)18)5-8(9)13/h3-5,16H,6,13H2,1-2H3,(H2,14,17)(H2,15,18). The fourth-order valence-corrected chi connectivity index (χ4v) is 1.67. The first-order valence-electron chi connectivity index (χ1n) is 5.47. The number of benzene rings is 1. The molecule has 1 rings (SSSR count). The highest BCUT2D eigenvalue weighted by molar-refractivity contribution is 5.94. The summed E-state index contributed by atoms with van der Waals surface area (Å²) in [6.45, 7) is 3.67. The Labute approximate surface area is 106 Å². The molecule has 0 atom stereocenters. The largest absolute Gasteiger partial charge is 0.397 e. The van der Waals surface area contributed by atoms with Crippen molar-refractivity contribution < 1.29 is 9.59 Å². The Morgan fingerprint density at radius 2 is 1.89 bits per heavy atom. The summed E-state index contributed by atoms with van der Waals surface area (Å²) in [5.41, 5.74) is 17.0. The highest BCUT2D eigenvalue weighted by Gasteiger charge is 2.21. The van der Waals surface area contributed by atoms with Gasteiger partial charge in [-0.1, -0.05) is 0 Å². The number of nitrogens with one attached hydrogen (secondary N) is 1. The van der Waals surface area contributed by atoms with Crippen LogP contribution in [0.25, 0.3) is 0 Å². The van der Waals surface area contributed by atoms with E-state index in [-0.39, 0.29) is 6.42 Å². The van der Waals surface area contributed by atoms with E-state index < -0.39 is 17.4 Å². The zero-order chi connectivity index (χ0) is 13.9. The van der Waals surface area contributed by atoms with E-state index in [9.17, 15) is 9.59 Å². The first kappa shape index (κ1) is 13.8. The lowest BCUT2D eigenvalue weighted by Gasteiger charge is -2.27. The molecule has 0 bridgehead atoms. The number of hydrogen-bond donors (Lipinski definition) is 4. The highest BCUT2D eigenvalue weighted by Crippen LogP contribution is 2.24. The van der Waals surface area contributed by atoms with Crippen LogP contribution in [0.15, 0.2) is 18.2 Å². The maximum atomic E-state index is 11.0. The molecule has 0 saturated heterocycles. The van der Waals surface area contributed by atoms with Crippen molar-refractivity contribution >= 4 is 23.2 Å². The molecule has 0 heterocycles. The van der Waals surface area contributed by atoms with E-state index in [0.717, 1.165) is 0 Å². The van der Waals surface area contributed by atoms with Gasteiger partial charge in [0.25, 0.3) is 0 Å². The third-order valence-corrected chi connectivity index (χ3v) is 2.43. The summed E-state index contributed by atoms with van der Waals surface area (Å²) >= 11 is 0. The van der Waals surface area contributed by atoms with Crippen LogP contribution in [0.4, 0.5) is 11.4 Å². The molecule has 7 N–H and O–H groups in total. The lowest BCUT2D eigenvalue weighted by molar-refractivity contribution is -0.118. The molecule has 0 saturated carbocycles. The molecule has 6 nitrogen and oxygen atoms in total. The SMILES string of the molecule is CC(C)(CC(N)=O)Nc1ccc(C(N)=O)cc1N. The van der Waals surface area contributed by atoms with Crippen LogP contribution in [0.5, 0.6) is 0 Å². The van der Waals surface area contributed by atoms with Crippen LogP contribution >= 0.6 is 0 Å². The Kier molecular flexibility index (Phi) is 3.80. The summed E-state index contributed by atoms with van der Waals surface area (Å²) in [5.74, 6) is -0.940. The number of primary amides is 2. The predicted molar refractivity (Wildman–Crippen MR) is 70.9 cm³/mol. The number of amides is 2. The molecule has 0 aliphatic heterocycles. The molecule has 0 radical (unpaired) electrons. The molecule has 0 aliphatic carbocycles. The van der Waals surface area contributed by atoms with E-state index in [1.807, 2.05) is 13.8 Å². The predicted octanol–water partition coefficient (Wildman–Crippen LogP) is 0.434. The fourth-order valence-electron chi connectivity index (χ4n) is 1.67. The van der Waals surface area contributed by atoms with Crippen molar-refractivity contribution in [3.05, 3.63) is 23.8 Å². The average Bonchev–Trinajstić information content (AvgIpc) is 2.18. The molecular weight excluding hydrogens is 232 g/mol. The summed E-state index contributed by atoms with van der Waals surface area (Å²) < 4.78 is 0. The van der Waals surface area contributed by atoms with Gasteiger partial charge in [-0.15, -0.1) is 0 Å². The Balaban J connectivity index is 2.92. The Morgan fingerprint density at radius 1 is 1.28 bits per heavy atom. The summed E-state index contributed by atoms with van der Waals surface area (Å²) in [4.78, 5) is 21.9. The molecule has 0 unspecified atom stereocenters. The van der Waals surface area contributed by atoms with E-state index in [0.29, 0.717) is 16.9 Å². The molecule has 98 valence electrons. The zero-order valence-corrected chi connectivity index (χ0v) is 10.5. The van der Waals surface area contributed by atoms with E-state index in [2.05, 4.69) is 5.32 Å². The number of carbonyl (C=O) groups is 2. The second kappa shape index (κ2) is 4.95. The number of anilines is 2. The highest BCUT2D eigenvalue weighted by atomic mass is 16.1. The van der Waals surface area contributed by atoms with Gasteiger partial charge in [0.2, 0.25) is 11.8 Å². The van der Waals surface area contributed by atoms with Gasteiger partial charge in [-0.05, 0) is 32.0 Å². The molecule has 6 heteroatoms. The van der Waals surface area contributed by atoms with Gasteiger partial charge < -0.3 is 22.5 Å². The van der Waals surface area contributed by atoms with Gasteiger partial charge in [0, 0.05) is 17.5 Å². The summed E-state index contributed by atoms with van der Waals surface area (Å²) in [7, 11) is 0. The van der Waals surface area contributed by atoms with E-state index in [4.69, 9.17) is 17.2 Å². The van der Waals surface area contributed by atoms with Crippen LogP contribution in [-0.2, 0) is 4.79 Å². The van der Waals surface area contributed by atoms with E-state index >= 15 is 0 Å². The normalized spacial score (nSPS) is 11.0. The van der Waals surface area contributed by atoms with Crippen molar-refractivity contribution in [2.75, 3.05) is 11.1 Å². The van der Waals surface area contributed by atoms with Crippen molar-refractivity contribution in [1.82, 2.24) is 0 Å².